The lowest BCUT2D eigenvalue weighted by Crippen LogP contribution is -2.48. The van der Waals surface area contributed by atoms with Crippen LogP contribution >= 0.6 is 11.3 Å². The number of aliphatic carboxylic acids is 1. The van der Waals surface area contributed by atoms with Crippen molar-refractivity contribution in [1.29, 1.82) is 0 Å². The van der Waals surface area contributed by atoms with Crippen molar-refractivity contribution in [2.75, 3.05) is 0 Å². The Morgan fingerprint density at radius 2 is 2.16 bits per heavy atom. The predicted octanol–water partition coefficient (Wildman–Crippen LogP) is 2.79. The molecular weight excluding hydrogens is 262 g/mol. The van der Waals surface area contributed by atoms with Gasteiger partial charge in [0, 0.05) is 4.88 Å². The van der Waals surface area contributed by atoms with Crippen LogP contribution in [0.15, 0.2) is 17.5 Å². The van der Waals surface area contributed by atoms with Crippen molar-refractivity contribution in [3.8, 4) is 0 Å². The molecule has 1 rings (SSSR count). The van der Waals surface area contributed by atoms with E-state index in [0.29, 0.717) is 6.42 Å². The second-order valence-corrected chi connectivity index (χ2v) is 6.06. The predicted molar refractivity (Wildman–Crippen MR) is 76.4 cm³/mol. The molecule has 0 aliphatic rings. The highest BCUT2D eigenvalue weighted by atomic mass is 32.1. The highest BCUT2D eigenvalue weighted by Gasteiger charge is 2.33. The third-order valence-corrected chi connectivity index (χ3v) is 4.35. The Hall–Kier alpha value is -1.36. The van der Waals surface area contributed by atoms with Gasteiger partial charge in [0.15, 0.2) is 0 Å². The smallest absolute Gasteiger partial charge is 0.326 e. The van der Waals surface area contributed by atoms with Gasteiger partial charge in [0.05, 0.1) is 5.41 Å². The van der Waals surface area contributed by atoms with Crippen molar-refractivity contribution in [1.82, 2.24) is 5.32 Å². The third-order valence-electron chi connectivity index (χ3n) is 3.15. The summed E-state index contributed by atoms with van der Waals surface area (Å²) >= 11 is 1.50. The van der Waals surface area contributed by atoms with E-state index in [1.165, 1.54) is 11.3 Å². The van der Waals surface area contributed by atoms with Gasteiger partial charge in [0.2, 0.25) is 5.91 Å². The summed E-state index contributed by atoms with van der Waals surface area (Å²) < 4.78 is 0. The molecule has 1 heterocycles. The van der Waals surface area contributed by atoms with E-state index in [4.69, 9.17) is 5.11 Å². The van der Waals surface area contributed by atoms with Crippen molar-refractivity contribution < 1.29 is 14.7 Å². The Kier molecular flexibility index (Phi) is 5.54. The van der Waals surface area contributed by atoms with Gasteiger partial charge in [-0.25, -0.2) is 4.79 Å². The van der Waals surface area contributed by atoms with E-state index in [1.54, 1.807) is 0 Å². The molecule has 0 aliphatic carbocycles. The summed E-state index contributed by atoms with van der Waals surface area (Å²) in [6, 6.07) is 2.99. The first kappa shape index (κ1) is 15.7. The normalized spacial score (nSPS) is 13.0. The molecule has 0 radical (unpaired) electrons. The van der Waals surface area contributed by atoms with E-state index < -0.39 is 17.4 Å². The minimum Gasteiger partial charge on any atom is -0.480 e. The molecule has 0 aromatic carbocycles. The summed E-state index contributed by atoms with van der Waals surface area (Å²) in [5, 5.41) is 13.7. The zero-order chi connectivity index (χ0) is 14.5. The average molecular weight is 283 g/mol. The SMILES string of the molecule is CCCC[C@H](NC(=O)C(C)(C)c1cccs1)C(=O)O. The van der Waals surface area contributed by atoms with Gasteiger partial charge in [-0.2, -0.15) is 0 Å². The van der Waals surface area contributed by atoms with Crippen molar-refractivity contribution in [3.05, 3.63) is 22.4 Å². The molecule has 0 unspecified atom stereocenters. The first-order valence-electron chi connectivity index (χ1n) is 6.47. The molecule has 0 spiro atoms. The van der Waals surface area contributed by atoms with Gasteiger partial charge in [0.1, 0.15) is 6.04 Å². The average Bonchev–Trinajstić information content (AvgIpc) is 2.87. The molecule has 1 aromatic rings. The first-order valence-corrected chi connectivity index (χ1v) is 7.35. The number of rotatable bonds is 7. The molecule has 19 heavy (non-hydrogen) atoms. The molecular formula is C14H21NO3S. The number of carboxylic acid groups (broad SMARTS) is 1. The molecule has 0 saturated carbocycles. The number of nitrogens with one attached hydrogen (secondary N) is 1. The van der Waals surface area contributed by atoms with Crippen LogP contribution in [0.5, 0.6) is 0 Å². The van der Waals surface area contributed by atoms with Gasteiger partial charge >= 0.3 is 5.97 Å². The molecule has 0 saturated heterocycles. The maximum absolute atomic E-state index is 12.3. The minimum atomic E-state index is -0.969. The van der Waals surface area contributed by atoms with Crippen LogP contribution in [0.2, 0.25) is 0 Å². The number of hydrogen-bond acceptors (Lipinski definition) is 3. The number of carboxylic acids is 1. The monoisotopic (exact) mass is 283 g/mol. The fourth-order valence-corrected chi connectivity index (χ4v) is 2.60. The molecule has 5 heteroatoms. The van der Waals surface area contributed by atoms with Gasteiger partial charge < -0.3 is 10.4 Å². The highest BCUT2D eigenvalue weighted by molar-refractivity contribution is 7.10. The fraction of sp³-hybridized carbons (Fsp3) is 0.571. The lowest BCUT2D eigenvalue weighted by Gasteiger charge is -2.25. The molecule has 1 aromatic heterocycles. The fourth-order valence-electron chi connectivity index (χ4n) is 1.75. The van der Waals surface area contributed by atoms with Crippen LogP contribution in [0.4, 0.5) is 0 Å². The Morgan fingerprint density at radius 3 is 2.63 bits per heavy atom. The molecule has 0 fully saturated rings. The second-order valence-electron chi connectivity index (χ2n) is 5.11. The van der Waals surface area contributed by atoms with Gasteiger partial charge in [-0.1, -0.05) is 25.8 Å². The summed E-state index contributed by atoms with van der Waals surface area (Å²) in [6.45, 7) is 5.62. The lowest BCUT2D eigenvalue weighted by molar-refractivity contribution is -0.142. The Morgan fingerprint density at radius 1 is 1.47 bits per heavy atom. The number of thiophene rings is 1. The van der Waals surface area contributed by atoms with Crippen LogP contribution in [0.3, 0.4) is 0 Å². The van der Waals surface area contributed by atoms with Gasteiger partial charge in [0.25, 0.3) is 0 Å². The van der Waals surface area contributed by atoms with Gasteiger partial charge in [-0.05, 0) is 31.7 Å². The number of carbonyl (C=O) groups excluding carboxylic acids is 1. The summed E-state index contributed by atoms with van der Waals surface area (Å²) in [5.74, 6) is -1.21. The number of carbonyl (C=O) groups is 2. The number of amides is 1. The first-order chi connectivity index (χ1) is 8.89. The van der Waals surface area contributed by atoms with Gasteiger partial charge in [-0.3, -0.25) is 4.79 Å². The molecule has 106 valence electrons. The molecule has 0 bridgehead atoms. The van der Waals surface area contributed by atoms with E-state index in [1.807, 2.05) is 38.3 Å². The topological polar surface area (TPSA) is 66.4 Å². The van der Waals surface area contributed by atoms with E-state index >= 15 is 0 Å². The largest absolute Gasteiger partial charge is 0.480 e. The Labute approximate surface area is 117 Å². The van der Waals surface area contributed by atoms with E-state index in [0.717, 1.165) is 17.7 Å². The highest BCUT2D eigenvalue weighted by Crippen LogP contribution is 2.27. The van der Waals surface area contributed by atoms with E-state index in [9.17, 15) is 9.59 Å². The molecule has 0 aliphatic heterocycles. The molecule has 1 amide bonds. The van der Waals surface area contributed by atoms with Crippen LogP contribution in [0.25, 0.3) is 0 Å². The summed E-state index contributed by atoms with van der Waals surface area (Å²) in [5.41, 5.74) is -0.700. The van der Waals surface area contributed by atoms with Crippen LogP contribution < -0.4 is 5.32 Å². The van der Waals surface area contributed by atoms with Crippen molar-refractivity contribution >= 4 is 23.2 Å². The Bertz CT molecular complexity index is 426. The minimum absolute atomic E-state index is 0.238. The summed E-state index contributed by atoms with van der Waals surface area (Å²) in [4.78, 5) is 24.4. The van der Waals surface area contributed by atoms with Crippen molar-refractivity contribution in [2.24, 2.45) is 0 Å². The summed E-state index contributed by atoms with van der Waals surface area (Å²) in [7, 11) is 0. The van der Waals surface area contributed by atoms with Crippen LogP contribution in [0.1, 0.15) is 44.9 Å². The Balaban J connectivity index is 2.73. The zero-order valence-corrected chi connectivity index (χ0v) is 12.4. The van der Waals surface area contributed by atoms with E-state index in [2.05, 4.69) is 5.32 Å². The molecule has 4 nitrogen and oxygen atoms in total. The van der Waals surface area contributed by atoms with Gasteiger partial charge in [-0.15, -0.1) is 11.3 Å². The maximum atomic E-state index is 12.3. The van der Waals surface area contributed by atoms with Crippen molar-refractivity contribution in [3.63, 3.8) is 0 Å². The zero-order valence-electron chi connectivity index (χ0n) is 11.6. The quantitative estimate of drug-likeness (QED) is 0.808. The van der Waals surface area contributed by atoms with Crippen molar-refractivity contribution in [2.45, 2.75) is 51.5 Å². The van der Waals surface area contributed by atoms with Crippen LogP contribution in [-0.4, -0.2) is 23.0 Å². The maximum Gasteiger partial charge on any atom is 0.326 e. The molecule has 1 atom stereocenters. The van der Waals surface area contributed by atoms with Crippen LogP contribution in [-0.2, 0) is 15.0 Å². The lowest BCUT2D eigenvalue weighted by atomic mass is 9.90. The number of unbranched alkanes of at least 4 members (excludes halogenated alkanes) is 1. The second kappa shape index (κ2) is 6.70. The summed E-state index contributed by atoms with van der Waals surface area (Å²) in [6.07, 6.45) is 2.17. The number of hydrogen-bond donors (Lipinski definition) is 2. The standard InChI is InChI=1S/C14H21NO3S/c1-4-5-7-10(12(16)17)15-13(18)14(2,3)11-8-6-9-19-11/h6,8-10H,4-5,7H2,1-3H3,(H,15,18)(H,16,17)/t10-/m0/s1. The third kappa shape index (κ3) is 4.06. The van der Waals surface area contributed by atoms with Crippen LogP contribution in [0, 0.1) is 0 Å². The molecule has 2 N–H and O–H groups in total. The van der Waals surface area contributed by atoms with E-state index in [-0.39, 0.29) is 5.91 Å².